The van der Waals surface area contributed by atoms with E-state index in [2.05, 4.69) is 10.6 Å². The fourth-order valence-electron chi connectivity index (χ4n) is 1.96. The number of alkyl carbamates (subject to hydrolysis) is 1. The van der Waals surface area contributed by atoms with E-state index in [1.165, 1.54) is 12.1 Å². The minimum Gasteiger partial charge on any atom is -0.444 e. The summed E-state index contributed by atoms with van der Waals surface area (Å²) < 4.78 is 43.3. The predicted octanol–water partition coefficient (Wildman–Crippen LogP) is 4.19. The van der Waals surface area contributed by atoms with Crippen LogP contribution < -0.4 is 10.6 Å². The van der Waals surface area contributed by atoms with Gasteiger partial charge < -0.3 is 15.4 Å². The Hall–Kier alpha value is -2.25. The van der Waals surface area contributed by atoms with Gasteiger partial charge in [0.25, 0.3) is 0 Å². The highest BCUT2D eigenvalue weighted by atomic mass is 19.4. The van der Waals surface area contributed by atoms with Crippen LogP contribution in [-0.4, -0.2) is 23.6 Å². The van der Waals surface area contributed by atoms with E-state index in [9.17, 15) is 22.8 Å². The maximum absolute atomic E-state index is 12.7. The first-order valence-corrected chi connectivity index (χ1v) is 7.77. The van der Waals surface area contributed by atoms with Crippen molar-refractivity contribution in [2.75, 3.05) is 5.32 Å². The third kappa shape index (κ3) is 7.03. The number of ether oxygens (including phenoxy) is 1. The molecule has 0 heterocycles. The van der Waals surface area contributed by atoms with E-state index in [-0.39, 0.29) is 11.6 Å². The number of nitrogens with one attached hydrogen (secondary N) is 2. The molecular formula is C17H23F3N2O3. The second kappa shape index (κ2) is 7.76. The molecule has 0 fully saturated rings. The minimum atomic E-state index is -4.51. The Morgan fingerprint density at radius 2 is 1.72 bits per heavy atom. The Labute approximate surface area is 144 Å². The van der Waals surface area contributed by atoms with Crippen molar-refractivity contribution >= 4 is 17.7 Å². The van der Waals surface area contributed by atoms with E-state index in [0.717, 1.165) is 12.1 Å². The van der Waals surface area contributed by atoms with Crippen LogP contribution in [0.4, 0.5) is 23.7 Å². The first kappa shape index (κ1) is 20.8. The van der Waals surface area contributed by atoms with Crippen molar-refractivity contribution in [3.8, 4) is 0 Å². The van der Waals surface area contributed by atoms with Crippen molar-refractivity contribution in [3.05, 3.63) is 29.8 Å². The molecule has 140 valence electrons. The summed E-state index contributed by atoms with van der Waals surface area (Å²) >= 11 is 0. The molecule has 0 bridgehead atoms. The number of benzene rings is 1. The van der Waals surface area contributed by atoms with Crippen molar-refractivity contribution in [3.63, 3.8) is 0 Å². The summed E-state index contributed by atoms with van der Waals surface area (Å²) in [5, 5.41) is 4.84. The Balaban J connectivity index is 2.86. The molecule has 2 N–H and O–H groups in total. The van der Waals surface area contributed by atoms with Gasteiger partial charge in [-0.1, -0.05) is 19.9 Å². The molecule has 0 aromatic heterocycles. The molecule has 1 atom stereocenters. The molecule has 1 aromatic rings. The number of hydrogen-bond acceptors (Lipinski definition) is 3. The summed E-state index contributed by atoms with van der Waals surface area (Å²) in [5.41, 5.74) is -1.61. The Kier molecular flexibility index (Phi) is 6.45. The second-order valence-corrected chi connectivity index (χ2v) is 6.94. The molecule has 0 radical (unpaired) electrons. The highest BCUT2D eigenvalue weighted by Crippen LogP contribution is 2.30. The lowest BCUT2D eigenvalue weighted by atomic mass is 10.0. The van der Waals surface area contributed by atoms with Crippen LogP contribution in [-0.2, 0) is 15.7 Å². The Morgan fingerprint density at radius 3 is 2.20 bits per heavy atom. The number of rotatable bonds is 4. The maximum atomic E-state index is 12.7. The largest absolute Gasteiger partial charge is 0.444 e. The van der Waals surface area contributed by atoms with E-state index in [0.29, 0.717) is 0 Å². The Morgan fingerprint density at radius 1 is 1.12 bits per heavy atom. The van der Waals surface area contributed by atoms with E-state index in [1.54, 1.807) is 34.6 Å². The van der Waals surface area contributed by atoms with Crippen LogP contribution in [0.2, 0.25) is 0 Å². The van der Waals surface area contributed by atoms with Crippen molar-refractivity contribution in [1.29, 1.82) is 0 Å². The fourth-order valence-corrected chi connectivity index (χ4v) is 1.96. The zero-order valence-corrected chi connectivity index (χ0v) is 14.8. The van der Waals surface area contributed by atoms with Gasteiger partial charge in [-0.25, -0.2) is 4.79 Å². The van der Waals surface area contributed by atoms with E-state index >= 15 is 0 Å². The number of halogens is 3. The molecule has 1 unspecified atom stereocenters. The SMILES string of the molecule is CC(C)C(NC(=O)OC(C)(C)C)C(=O)Nc1cccc(C(F)(F)F)c1. The number of carbonyl (C=O) groups excluding carboxylic acids is 2. The summed E-state index contributed by atoms with van der Waals surface area (Å²) in [6, 6.07) is 3.34. The number of carbonyl (C=O) groups is 2. The molecular weight excluding hydrogens is 337 g/mol. The van der Waals surface area contributed by atoms with Crippen LogP contribution in [0.25, 0.3) is 0 Å². The molecule has 0 aliphatic carbocycles. The monoisotopic (exact) mass is 360 g/mol. The van der Waals surface area contributed by atoms with Crippen LogP contribution in [0.1, 0.15) is 40.2 Å². The quantitative estimate of drug-likeness (QED) is 0.846. The van der Waals surface area contributed by atoms with Crippen LogP contribution in [0, 0.1) is 5.92 Å². The lowest BCUT2D eigenvalue weighted by molar-refractivity contribution is -0.137. The summed E-state index contributed by atoms with van der Waals surface area (Å²) in [4.78, 5) is 24.2. The first-order valence-electron chi connectivity index (χ1n) is 7.77. The fraction of sp³-hybridized carbons (Fsp3) is 0.529. The van der Waals surface area contributed by atoms with Gasteiger partial charge in [-0.2, -0.15) is 13.2 Å². The van der Waals surface area contributed by atoms with Crippen molar-refractivity contribution in [2.24, 2.45) is 5.92 Å². The summed E-state index contributed by atoms with van der Waals surface area (Å²) in [6.45, 7) is 8.44. The third-order valence-electron chi connectivity index (χ3n) is 3.08. The highest BCUT2D eigenvalue weighted by molar-refractivity contribution is 5.96. The van der Waals surface area contributed by atoms with Crippen LogP contribution in [0.5, 0.6) is 0 Å². The topological polar surface area (TPSA) is 67.4 Å². The number of alkyl halides is 3. The van der Waals surface area contributed by atoms with Gasteiger partial charge in [0.1, 0.15) is 11.6 Å². The average molecular weight is 360 g/mol. The van der Waals surface area contributed by atoms with Crippen LogP contribution >= 0.6 is 0 Å². The molecule has 0 saturated heterocycles. The molecule has 0 aliphatic heterocycles. The second-order valence-electron chi connectivity index (χ2n) is 6.94. The lowest BCUT2D eigenvalue weighted by Gasteiger charge is -2.25. The molecule has 0 spiro atoms. The van der Waals surface area contributed by atoms with Gasteiger partial charge in [-0.3, -0.25) is 4.79 Å². The van der Waals surface area contributed by atoms with Gasteiger partial charge in [0.05, 0.1) is 5.56 Å². The van der Waals surface area contributed by atoms with Gasteiger partial charge in [0, 0.05) is 5.69 Å². The predicted molar refractivity (Wildman–Crippen MR) is 88.1 cm³/mol. The van der Waals surface area contributed by atoms with Crippen LogP contribution in [0.15, 0.2) is 24.3 Å². The normalized spacial score (nSPS) is 13.3. The standard InChI is InChI=1S/C17H23F3N2O3/c1-10(2)13(22-15(24)25-16(3,4)5)14(23)21-12-8-6-7-11(9-12)17(18,19)20/h6-10,13H,1-5H3,(H,21,23)(H,22,24). The van der Waals surface area contributed by atoms with Crippen molar-refractivity contribution < 1.29 is 27.5 Å². The van der Waals surface area contributed by atoms with Gasteiger partial charge >= 0.3 is 12.3 Å². The molecule has 1 aromatic carbocycles. The van der Waals surface area contributed by atoms with E-state index in [4.69, 9.17) is 4.74 Å². The van der Waals surface area contributed by atoms with E-state index in [1.807, 2.05) is 0 Å². The smallest absolute Gasteiger partial charge is 0.416 e. The van der Waals surface area contributed by atoms with Crippen molar-refractivity contribution in [2.45, 2.75) is 52.4 Å². The molecule has 2 amide bonds. The molecule has 25 heavy (non-hydrogen) atoms. The number of amides is 2. The zero-order valence-electron chi connectivity index (χ0n) is 14.8. The summed E-state index contributed by atoms with van der Waals surface area (Å²) in [5.74, 6) is -0.918. The van der Waals surface area contributed by atoms with Gasteiger partial charge in [0.2, 0.25) is 5.91 Å². The Bertz CT molecular complexity index is 622. The molecule has 8 heteroatoms. The molecule has 0 saturated carbocycles. The van der Waals surface area contributed by atoms with Crippen LogP contribution in [0.3, 0.4) is 0 Å². The minimum absolute atomic E-state index is 0.00327. The van der Waals surface area contributed by atoms with E-state index < -0.39 is 35.4 Å². The zero-order chi connectivity index (χ0) is 19.4. The van der Waals surface area contributed by atoms with Gasteiger partial charge in [-0.15, -0.1) is 0 Å². The van der Waals surface area contributed by atoms with Gasteiger partial charge in [-0.05, 0) is 44.9 Å². The third-order valence-corrected chi connectivity index (χ3v) is 3.08. The molecule has 0 aliphatic rings. The molecule has 1 rings (SSSR count). The first-order chi connectivity index (χ1) is 11.3. The number of hydrogen-bond donors (Lipinski definition) is 2. The number of anilines is 1. The summed E-state index contributed by atoms with van der Waals surface area (Å²) in [6.07, 6.45) is -5.28. The van der Waals surface area contributed by atoms with Gasteiger partial charge in [0.15, 0.2) is 0 Å². The summed E-state index contributed by atoms with van der Waals surface area (Å²) in [7, 11) is 0. The van der Waals surface area contributed by atoms with Crippen molar-refractivity contribution in [1.82, 2.24) is 5.32 Å². The highest BCUT2D eigenvalue weighted by Gasteiger charge is 2.31. The average Bonchev–Trinajstić information content (AvgIpc) is 2.41. The molecule has 5 nitrogen and oxygen atoms in total. The maximum Gasteiger partial charge on any atom is 0.416 e. The lowest BCUT2D eigenvalue weighted by Crippen LogP contribution is -2.48.